The summed E-state index contributed by atoms with van der Waals surface area (Å²) in [5.41, 5.74) is 2.55. The van der Waals surface area contributed by atoms with Crippen LogP contribution in [0.15, 0.2) is 41.4 Å². The summed E-state index contributed by atoms with van der Waals surface area (Å²) in [5.74, 6) is 2.17. The second-order valence-electron chi connectivity index (χ2n) is 6.97. The first-order chi connectivity index (χ1) is 12.8. The maximum Gasteiger partial charge on any atom is 0.191 e. The molecule has 1 heterocycles. The highest BCUT2D eigenvalue weighted by molar-refractivity contribution is 7.99. The van der Waals surface area contributed by atoms with E-state index >= 15 is 0 Å². The normalized spacial score (nSPS) is 22.8. The molecular formula is C21H32N4S. The lowest BCUT2D eigenvalue weighted by molar-refractivity contribution is 0.615. The van der Waals surface area contributed by atoms with Gasteiger partial charge in [0.25, 0.3) is 0 Å². The van der Waals surface area contributed by atoms with Crippen LogP contribution in [0.5, 0.6) is 0 Å². The molecule has 2 unspecified atom stereocenters. The molecule has 0 radical (unpaired) electrons. The molecule has 5 heteroatoms. The summed E-state index contributed by atoms with van der Waals surface area (Å²) in [5, 5.41) is 7.87. The van der Waals surface area contributed by atoms with Crippen molar-refractivity contribution in [2.24, 2.45) is 4.99 Å². The number of benzene rings is 1. The summed E-state index contributed by atoms with van der Waals surface area (Å²) in [7, 11) is 0. The Morgan fingerprint density at radius 2 is 2.08 bits per heavy atom. The van der Waals surface area contributed by atoms with Crippen molar-refractivity contribution in [3.8, 4) is 0 Å². The van der Waals surface area contributed by atoms with Crippen molar-refractivity contribution in [2.75, 3.05) is 30.3 Å². The SMILES string of the molecule is CCNC(=NCc1cccc(N2CC=CC2)c1)NC1CCC(SCC)C1. The van der Waals surface area contributed by atoms with Crippen molar-refractivity contribution in [1.82, 2.24) is 10.6 Å². The highest BCUT2D eigenvalue weighted by Crippen LogP contribution is 2.29. The van der Waals surface area contributed by atoms with E-state index in [0.717, 1.165) is 30.8 Å². The highest BCUT2D eigenvalue weighted by atomic mass is 32.2. The lowest BCUT2D eigenvalue weighted by atomic mass is 10.2. The van der Waals surface area contributed by atoms with Crippen molar-refractivity contribution in [2.45, 2.75) is 50.9 Å². The van der Waals surface area contributed by atoms with Gasteiger partial charge < -0.3 is 15.5 Å². The van der Waals surface area contributed by atoms with E-state index < -0.39 is 0 Å². The second kappa shape index (κ2) is 9.91. The summed E-state index contributed by atoms with van der Waals surface area (Å²) in [6, 6.07) is 9.32. The van der Waals surface area contributed by atoms with Gasteiger partial charge in [0.15, 0.2) is 5.96 Å². The van der Waals surface area contributed by atoms with Crippen LogP contribution < -0.4 is 15.5 Å². The van der Waals surface area contributed by atoms with Gasteiger partial charge in [-0.2, -0.15) is 11.8 Å². The Kier molecular flexibility index (Phi) is 7.30. The maximum absolute atomic E-state index is 4.84. The van der Waals surface area contributed by atoms with E-state index in [-0.39, 0.29) is 0 Å². The standard InChI is InChI=1S/C21H32N4S/c1-3-22-21(24-18-10-11-20(15-18)26-4-2)23-16-17-8-7-9-19(14-17)25-12-5-6-13-25/h5-9,14,18,20H,3-4,10-13,15-16H2,1-2H3,(H2,22,23,24). The van der Waals surface area contributed by atoms with E-state index in [4.69, 9.17) is 4.99 Å². The summed E-state index contributed by atoms with van der Waals surface area (Å²) in [4.78, 5) is 7.22. The van der Waals surface area contributed by atoms with Gasteiger partial charge in [0, 0.05) is 36.6 Å². The fourth-order valence-electron chi connectivity index (χ4n) is 3.68. The predicted molar refractivity (Wildman–Crippen MR) is 115 cm³/mol. The van der Waals surface area contributed by atoms with Crippen molar-refractivity contribution in [3.05, 3.63) is 42.0 Å². The smallest absolute Gasteiger partial charge is 0.191 e. The first kappa shape index (κ1) is 19.2. The molecule has 0 spiro atoms. The molecule has 1 aromatic rings. The number of rotatable bonds is 7. The van der Waals surface area contributed by atoms with Gasteiger partial charge in [-0.15, -0.1) is 0 Å². The minimum atomic E-state index is 0.554. The summed E-state index contributed by atoms with van der Waals surface area (Å²) >= 11 is 2.10. The van der Waals surface area contributed by atoms with Crippen LogP contribution in [0.2, 0.25) is 0 Å². The third kappa shape index (κ3) is 5.44. The molecule has 1 fully saturated rings. The quantitative estimate of drug-likeness (QED) is 0.434. The first-order valence-electron chi connectivity index (χ1n) is 9.93. The average molecular weight is 373 g/mol. The first-order valence-corrected chi connectivity index (χ1v) is 11.0. The summed E-state index contributed by atoms with van der Waals surface area (Å²) < 4.78 is 0. The van der Waals surface area contributed by atoms with Crippen LogP contribution in [-0.2, 0) is 6.54 Å². The van der Waals surface area contributed by atoms with Gasteiger partial charge in [-0.25, -0.2) is 4.99 Å². The number of hydrogen-bond acceptors (Lipinski definition) is 3. The van der Waals surface area contributed by atoms with Crippen LogP contribution in [0.3, 0.4) is 0 Å². The molecule has 1 aromatic carbocycles. The number of guanidine groups is 1. The van der Waals surface area contributed by atoms with Gasteiger partial charge in [-0.05, 0) is 49.6 Å². The van der Waals surface area contributed by atoms with Crippen LogP contribution >= 0.6 is 11.8 Å². The highest BCUT2D eigenvalue weighted by Gasteiger charge is 2.25. The van der Waals surface area contributed by atoms with Crippen molar-refractivity contribution < 1.29 is 0 Å². The lowest BCUT2D eigenvalue weighted by Crippen LogP contribution is -2.42. The van der Waals surface area contributed by atoms with Crippen molar-refractivity contribution in [1.29, 1.82) is 0 Å². The molecule has 0 bridgehead atoms. The van der Waals surface area contributed by atoms with Gasteiger partial charge in [-0.3, -0.25) is 0 Å². The third-order valence-corrected chi connectivity index (χ3v) is 6.22. The van der Waals surface area contributed by atoms with Gasteiger partial charge in [-0.1, -0.05) is 31.2 Å². The van der Waals surface area contributed by atoms with E-state index in [9.17, 15) is 0 Å². The fraction of sp³-hybridized carbons (Fsp3) is 0.571. The molecule has 2 N–H and O–H groups in total. The Morgan fingerprint density at radius 1 is 1.23 bits per heavy atom. The van der Waals surface area contributed by atoms with Crippen LogP contribution in [0.4, 0.5) is 5.69 Å². The molecule has 142 valence electrons. The molecular weight excluding hydrogens is 340 g/mol. The number of aliphatic imine (C=N–C) groups is 1. The topological polar surface area (TPSA) is 39.7 Å². The van der Waals surface area contributed by atoms with E-state index in [1.807, 2.05) is 0 Å². The molecule has 1 aliphatic carbocycles. The Bertz CT molecular complexity index is 620. The molecule has 2 aliphatic rings. The minimum absolute atomic E-state index is 0.554. The molecule has 0 aromatic heterocycles. The number of thioether (sulfide) groups is 1. The predicted octanol–water partition coefficient (Wildman–Crippen LogP) is 3.79. The van der Waals surface area contributed by atoms with E-state index in [1.54, 1.807) is 0 Å². The maximum atomic E-state index is 4.84. The monoisotopic (exact) mass is 372 g/mol. The number of nitrogens with zero attached hydrogens (tertiary/aromatic N) is 2. The zero-order valence-electron chi connectivity index (χ0n) is 16.1. The van der Waals surface area contributed by atoms with E-state index in [0.29, 0.717) is 12.6 Å². The van der Waals surface area contributed by atoms with Gasteiger partial charge in [0.05, 0.1) is 6.54 Å². The molecule has 0 amide bonds. The van der Waals surface area contributed by atoms with Crippen LogP contribution in [0.1, 0.15) is 38.7 Å². The fourth-order valence-corrected chi connectivity index (χ4v) is 4.82. The van der Waals surface area contributed by atoms with Gasteiger partial charge in [0.1, 0.15) is 0 Å². The third-order valence-electron chi connectivity index (χ3n) is 4.99. The van der Waals surface area contributed by atoms with Crippen molar-refractivity contribution in [3.63, 3.8) is 0 Å². The van der Waals surface area contributed by atoms with Crippen molar-refractivity contribution >= 4 is 23.4 Å². The van der Waals surface area contributed by atoms with Crippen LogP contribution in [0.25, 0.3) is 0 Å². The zero-order chi connectivity index (χ0) is 18.2. The summed E-state index contributed by atoms with van der Waals surface area (Å²) in [6.45, 7) is 8.01. The molecule has 1 aliphatic heterocycles. The minimum Gasteiger partial charge on any atom is -0.364 e. The van der Waals surface area contributed by atoms with E-state index in [1.165, 1.54) is 36.3 Å². The Hall–Kier alpha value is -1.62. The molecule has 1 saturated carbocycles. The molecule has 0 saturated heterocycles. The van der Waals surface area contributed by atoms with Gasteiger partial charge >= 0.3 is 0 Å². The molecule has 26 heavy (non-hydrogen) atoms. The lowest BCUT2D eigenvalue weighted by Gasteiger charge is -2.19. The zero-order valence-corrected chi connectivity index (χ0v) is 16.9. The number of anilines is 1. The molecule has 3 rings (SSSR count). The number of nitrogens with one attached hydrogen (secondary N) is 2. The number of hydrogen-bond donors (Lipinski definition) is 2. The Morgan fingerprint density at radius 3 is 2.85 bits per heavy atom. The Balaban J connectivity index is 1.58. The molecule has 4 nitrogen and oxygen atoms in total. The second-order valence-corrected chi connectivity index (χ2v) is 8.55. The van der Waals surface area contributed by atoms with Crippen LogP contribution in [0, 0.1) is 0 Å². The molecule has 2 atom stereocenters. The Labute approximate surface area is 162 Å². The average Bonchev–Trinajstić information content (AvgIpc) is 3.33. The van der Waals surface area contributed by atoms with Gasteiger partial charge in [0.2, 0.25) is 0 Å². The van der Waals surface area contributed by atoms with E-state index in [2.05, 4.69) is 77.6 Å². The summed E-state index contributed by atoms with van der Waals surface area (Å²) in [6.07, 6.45) is 8.27. The van der Waals surface area contributed by atoms with Crippen LogP contribution in [-0.4, -0.2) is 42.6 Å². The largest absolute Gasteiger partial charge is 0.364 e.